The third-order valence-electron chi connectivity index (χ3n) is 7.13. The van der Waals surface area contributed by atoms with E-state index in [1.54, 1.807) is 43.6 Å². The Morgan fingerprint density at radius 2 is 1.93 bits per heavy atom. The van der Waals surface area contributed by atoms with E-state index >= 15 is 0 Å². The molecule has 0 bridgehead atoms. The number of nitrogens with zero attached hydrogens (tertiary/aromatic N) is 3. The molecule has 0 saturated carbocycles. The Labute approximate surface area is 243 Å². The lowest BCUT2D eigenvalue weighted by Gasteiger charge is -2.28. The van der Waals surface area contributed by atoms with E-state index in [1.165, 1.54) is 0 Å². The summed E-state index contributed by atoms with van der Waals surface area (Å²) in [5.41, 5.74) is 4.91. The molecule has 2 aromatic carbocycles. The summed E-state index contributed by atoms with van der Waals surface area (Å²) in [6, 6.07) is 19.7. The molecule has 1 saturated heterocycles. The fraction of sp³-hybridized carbons (Fsp3) is 0.233. The van der Waals surface area contributed by atoms with Crippen molar-refractivity contribution in [2.75, 3.05) is 19.0 Å². The smallest absolute Gasteiger partial charge is 0.226 e. The molecule has 3 N–H and O–H groups in total. The van der Waals surface area contributed by atoms with Crippen molar-refractivity contribution in [1.29, 1.82) is 0 Å². The van der Waals surface area contributed by atoms with Gasteiger partial charge in [-0.2, -0.15) is 0 Å². The van der Waals surface area contributed by atoms with E-state index in [0.29, 0.717) is 33.8 Å². The summed E-state index contributed by atoms with van der Waals surface area (Å²) < 4.78 is 7.35. The fourth-order valence-corrected chi connectivity index (χ4v) is 5.80. The number of hydrogen-bond acceptors (Lipinski definition) is 5. The topological polar surface area (TPSA) is 91.7 Å². The normalized spacial score (nSPS) is 16.6. The number of aromatic nitrogens is 2. The number of amides is 1. The lowest BCUT2D eigenvalue weighted by Crippen LogP contribution is -2.33. The molecule has 1 fully saturated rings. The number of thiocarbonyl (C=S) groups is 1. The molecule has 1 aliphatic heterocycles. The lowest BCUT2D eigenvalue weighted by atomic mass is 9.96. The van der Waals surface area contributed by atoms with Crippen LogP contribution in [0.4, 0.5) is 5.69 Å². The zero-order valence-corrected chi connectivity index (χ0v) is 24.0. The number of carbonyl (C=O) groups is 1. The maximum Gasteiger partial charge on any atom is 0.226 e. The molecular formula is C30H30ClN5O3S. The Kier molecular flexibility index (Phi) is 7.95. The summed E-state index contributed by atoms with van der Waals surface area (Å²) in [6.07, 6.45) is 1.97. The highest BCUT2D eigenvalue weighted by Gasteiger charge is 2.41. The highest BCUT2D eigenvalue weighted by atomic mass is 35.5. The van der Waals surface area contributed by atoms with Gasteiger partial charge in [0.25, 0.3) is 0 Å². The van der Waals surface area contributed by atoms with Gasteiger partial charge in [-0.3, -0.25) is 9.78 Å². The van der Waals surface area contributed by atoms with Crippen LogP contribution < -0.4 is 15.4 Å². The number of rotatable bonds is 8. The Morgan fingerprint density at radius 1 is 1.15 bits per heavy atom. The van der Waals surface area contributed by atoms with Crippen molar-refractivity contribution in [2.24, 2.45) is 0 Å². The number of ether oxygens (including phenoxy) is 1. The first-order chi connectivity index (χ1) is 19.3. The summed E-state index contributed by atoms with van der Waals surface area (Å²) in [7, 11) is 1.57. The number of pyridine rings is 1. The Balaban J connectivity index is 1.49. The van der Waals surface area contributed by atoms with Crippen LogP contribution in [0.2, 0.25) is 5.02 Å². The predicted octanol–water partition coefficient (Wildman–Crippen LogP) is 5.86. The molecule has 0 radical (unpaired) electrons. The number of nitrogens with one attached hydrogen (secondary N) is 2. The van der Waals surface area contributed by atoms with Crippen molar-refractivity contribution in [3.05, 3.63) is 101 Å². The van der Waals surface area contributed by atoms with Crippen LogP contribution in [0.1, 0.15) is 41.1 Å². The molecule has 10 heteroatoms. The van der Waals surface area contributed by atoms with Gasteiger partial charge in [0.2, 0.25) is 5.91 Å². The number of phenols is 1. The third-order valence-corrected chi connectivity index (χ3v) is 7.71. The largest absolute Gasteiger partial charge is 0.506 e. The van der Waals surface area contributed by atoms with E-state index in [4.69, 9.17) is 28.6 Å². The fourth-order valence-electron chi connectivity index (χ4n) is 5.30. The molecule has 0 spiro atoms. The van der Waals surface area contributed by atoms with Crippen molar-refractivity contribution in [2.45, 2.75) is 32.4 Å². The van der Waals surface area contributed by atoms with Gasteiger partial charge in [0.05, 0.1) is 36.3 Å². The van der Waals surface area contributed by atoms with Gasteiger partial charge in [0.1, 0.15) is 11.5 Å². The van der Waals surface area contributed by atoms with Crippen molar-refractivity contribution in [3.63, 3.8) is 0 Å². The van der Waals surface area contributed by atoms with Gasteiger partial charge in [-0.1, -0.05) is 29.8 Å². The number of halogens is 1. The average Bonchev–Trinajstić information content (AvgIpc) is 3.43. The van der Waals surface area contributed by atoms with Gasteiger partial charge in [-0.25, -0.2) is 0 Å². The van der Waals surface area contributed by atoms with Crippen molar-refractivity contribution in [3.8, 4) is 17.2 Å². The summed E-state index contributed by atoms with van der Waals surface area (Å²) >= 11 is 12.1. The van der Waals surface area contributed by atoms with Crippen LogP contribution in [0.15, 0.2) is 72.9 Å². The summed E-state index contributed by atoms with van der Waals surface area (Å²) in [6.45, 7) is 4.37. The molecule has 2 atom stereocenters. The first kappa shape index (κ1) is 27.5. The quantitative estimate of drug-likeness (QED) is 0.227. The van der Waals surface area contributed by atoms with E-state index in [-0.39, 0.29) is 30.2 Å². The zero-order chi connectivity index (χ0) is 28.4. The van der Waals surface area contributed by atoms with Crippen LogP contribution in [0.25, 0.3) is 5.69 Å². The number of methoxy groups -OCH3 is 1. The molecule has 0 aliphatic carbocycles. The predicted molar refractivity (Wildman–Crippen MR) is 160 cm³/mol. The first-order valence-corrected chi connectivity index (χ1v) is 13.7. The maximum atomic E-state index is 13.0. The number of aromatic hydroxyl groups is 1. The minimum atomic E-state index is -0.247. The molecule has 0 unspecified atom stereocenters. The molecule has 2 aromatic heterocycles. The molecule has 1 amide bonds. The number of hydrogen-bond donors (Lipinski definition) is 3. The van der Waals surface area contributed by atoms with E-state index in [1.807, 2.05) is 53.6 Å². The number of phenolic OH excluding ortho intramolecular Hbond substituents is 1. The zero-order valence-electron chi connectivity index (χ0n) is 22.4. The molecule has 1 aliphatic rings. The van der Waals surface area contributed by atoms with Crippen molar-refractivity contribution in [1.82, 2.24) is 19.8 Å². The second-order valence-electron chi connectivity index (χ2n) is 9.61. The molecule has 3 heterocycles. The van der Waals surface area contributed by atoms with Gasteiger partial charge in [0.15, 0.2) is 5.11 Å². The van der Waals surface area contributed by atoms with Crippen LogP contribution in [0.3, 0.4) is 0 Å². The minimum absolute atomic E-state index is 0.129. The van der Waals surface area contributed by atoms with Gasteiger partial charge < -0.3 is 29.9 Å². The molecule has 5 rings (SSSR count). The van der Waals surface area contributed by atoms with Crippen LogP contribution in [-0.2, 0) is 4.79 Å². The van der Waals surface area contributed by atoms with Crippen molar-refractivity contribution < 1.29 is 14.6 Å². The van der Waals surface area contributed by atoms with Crippen LogP contribution in [0.5, 0.6) is 11.5 Å². The summed E-state index contributed by atoms with van der Waals surface area (Å²) in [5, 5.41) is 18.1. The number of aryl methyl sites for hydroxylation is 1. The SMILES string of the molecule is COc1ccccc1NC(=O)CCN1C(=S)N[C@@H](c2ccccn2)[C@@H]1c1cc(C)n(-c2cc(Cl)ccc2O)c1C. The molecule has 4 aromatic rings. The first-order valence-electron chi connectivity index (χ1n) is 12.9. The monoisotopic (exact) mass is 575 g/mol. The molecule has 8 nitrogen and oxygen atoms in total. The Morgan fingerprint density at radius 3 is 2.67 bits per heavy atom. The van der Waals surface area contributed by atoms with Gasteiger partial charge in [-0.15, -0.1) is 0 Å². The van der Waals surface area contributed by atoms with Crippen LogP contribution in [0, 0.1) is 13.8 Å². The van der Waals surface area contributed by atoms with E-state index < -0.39 is 0 Å². The number of para-hydroxylation sites is 2. The van der Waals surface area contributed by atoms with E-state index in [9.17, 15) is 9.90 Å². The number of anilines is 1. The standard InChI is InChI=1S/C30H30ClN5O3S/c1-18-16-21(19(2)36(18)24-17-20(31)11-12-25(24)37)29-28(23-9-6-7-14-32-23)34-30(40)35(29)15-13-27(38)33-22-8-4-5-10-26(22)39-3/h4-12,14,16-17,28-29,37H,13,15H2,1-3H3,(H,33,38)(H,34,40)/t28-,29-/m0/s1. The molecular weight excluding hydrogens is 546 g/mol. The second-order valence-corrected chi connectivity index (χ2v) is 10.4. The van der Waals surface area contributed by atoms with Crippen LogP contribution >= 0.6 is 23.8 Å². The lowest BCUT2D eigenvalue weighted by molar-refractivity contribution is -0.116. The Hall–Kier alpha value is -4.08. The van der Waals surface area contributed by atoms with E-state index in [2.05, 4.69) is 21.7 Å². The highest BCUT2D eigenvalue weighted by molar-refractivity contribution is 7.80. The average molecular weight is 576 g/mol. The molecule has 206 valence electrons. The third kappa shape index (κ3) is 5.35. The van der Waals surface area contributed by atoms with Gasteiger partial charge in [0, 0.05) is 35.6 Å². The van der Waals surface area contributed by atoms with E-state index in [0.717, 1.165) is 22.6 Å². The number of benzene rings is 2. The number of carbonyl (C=O) groups excluding carboxylic acids is 1. The molecule has 40 heavy (non-hydrogen) atoms. The Bertz CT molecular complexity index is 1560. The maximum absolute atomic E-state index is 13.0. The second kappa shape index (κ2) is 11.6. The van der Waals surface area contributed by atoms with Crippen LogP contribution in [-0.4, -0.2) is 44.2 Å². The van der Waals surface area contributed by atoms with Gasteiger partial charge in [-0.05, 0) is 80.2 Å². The summed E-state index contributed by atoms with van der Waals surface area (Å²) in [5.74, 6) is 0.574. The van der Waals surface area contributed by atoms with Gasteiger partial charge >= 0.3 is 0 Å². The van der Waals surface area contributed by atoms with Crippen molar-refractivity contribution >= 4 is 40.5 Å². The highest BCUT2D eigenvalue weighted by Crippen LogP contribution is 2.42. The summed E-state index contributed by atoms with van der Waals surface area (Å²) in [4.78, 5) is 19.7. The minimum Gasteiger partial charge on any atom is -0.506 e.